The summed E-state index contributed by atoms with van der Waals surface area (Å²) in [6.07, 6.45) is 1.40. The molecule has 8 nitrogen and oxygen atoms in total. The van der Waals surface area contributed by atoms with E-state index in [-0.39, 0.29) is 0 Å². The third-order valence-corrected chi connectivity index (χ3v) is 4.70. The van der Waals surface area contributed by atoms with E-state index >= 15 is 0 Å². The predicted molar refractivity (Wildman–Crippen MR) is 89.3 cm³/mol. The summed E-state index contributed by atoms with van der Waals surface area (Å²) in [6.45, 7) is 0. The highest BCUT2D eigenvalue weighted by Crippen LogP contribution is 2.40. The highest BCUT2D eigenvalue weighted by molar-refractivity contribution is 7.86. The molecule has 0 spiro atoms. The predicted octanol–water partition coefficient (Wildman–Crippen LogP) is 0.765. The molecule has 0 radical (unpaired) electrons. The summed E-state index contributed by atoms with van der Waals surface area (Å²) in [7, 11) is -1.84. The minimum absolute atomic E-state index is 0.422. The lowest BCUT2D eigenvalue weighted by Gasteiger charge is -2.22. The van der Waals surface area contributed by atoms with Crippen molar-refractivity contribution in [2.24, 2.45) is 12.8 Å². The van der Waals surface area contributed by atoms with Gasteiger partial charge in [-0.1, -0.05) is 12.1 Å². The number of hydrogen-bond acceptors (Lipinski definition) is 5. The molecule has 0 bridgehead atoms. The second-order valence-electron chi connectivity index (χ2n) is 5.82. The number of benzene rings is 1. The van der Waals surface area contributed by atoms with Gasteiger partial charge < -0.3 is 10.3 Å². The van der Waals surface area contributed by atoms with Gasteiger partial charge in [0, 0.05) is 18.0 Å². The summed E-state index contributed by atoms with van der Waals surface area (Å²) < 4.78 is 29.9. The van der Waals surface area contributed by atoms with Gasteiger partial charge in [-0.15, -0.1) is 0 Å². The maximum atomic E-state index is 12.4. The van der Waals surface area contributed by atoms with Crippen LogP contribution >= 0.6 is 0 Å². The van der Waals surface area contributed by atoms with E-state index in [4.69, 9.17) is 15.3 Å². The first-order valence-corrected chi connectivity index (χ1v) is 9.14. The molecule has 1 atom stereocenters. The molecular formula is C15H18N4O4S. The second-order valence-corrected chi connectivity index (χ2v) is 7.42. The van der Waals surface area contributed by atoms with Gasteiger partial charge in [0.15, 0.2) is 5.96 Å². The topological polar surface area (TPSA) is 127 Å². The van der Waals surface area contributed by atoms with Crippen LogP contribution in [-0.4, -0.2) is 31.1 Å². The Balaban J connectivity index is 2.19. The Kier molecular flexibility index (Phi) is 3.84. The van der Waals surface area contributed by atoms with Crippen LogP contribution in [0.3, 0.4) is 0 Å². The molecule has 1 heterocycles. The maximum absolute atomic E-state index is 12.4. The van der Waals surface area contributed by atoms with Crippen molar-refractivity contribution < 1.29 is 17.4 Å². The molecule has 1 aromatic carbocycles. The van der Waals surface area contributed by atoms with Gasteiger partial charge in [-0.3, -0.25) is 19.7 Å². The molecule has 128 valence electrons. The van der Waals surface area contributed by atoms with Crippen LogP contribution in [-0.2, 0) is 27.8 Å². The van der Waals surface area contributed by atoms with E-state index in [0.29, 0.717) is 18.5 Å². The Morgan fingerprint density at radius 1 is 1.46 bits per heavy atom. The zero-order chi connectivity index (χ0) is 17.6. The maximum Gasteiger partial charge on any atom is 0.274 e. The normalized spacial score (nSPS) is 17.0. The van der Waals surface area contributed by atoms with Gasteiger partial charge in [0.05, 0.1) is 6.26 Å². The van der Waals surface area contributed by atoms with Gasteiger partial charge in [-0.2, -0.15) is 8.42 Å². The summed E-state index contributed by atoms with van der Waals surface area (Å²) in [5.41, 5.74) is 8.04. The van der Waals surface area contributed by atoms with E-state index in [2.05, 4.69) is 5.32 Å². The van der Waals surface area contributed by atoms with Gasteiger partial charge in [0.1, 0.15) is 11.8 Å². The van der Waals surface area contributed by atoms with Gasteiger partial charge in [-0.25, -0.2) is 0 Å². The molecule has 2 aromatic rings. The number of amides is 1. The van der Waals surface area contributed by atoms with E-state index in [0.717, 1.165) is 28.3 Å². The van der Waals surface area contributed by atoms with Gasteiger partial charge in [-0.05, 0) is 30.0 Å². The molecule has 1 unspecified atom stereocenters. The van der Waals surface area contributed by atoms with Crippen LogP contribution in [0.4, 0.5) is 0 Å². The number of rotatable bonds is 3. The van der Waals surface area contributed by atoms with Crippen LogP contribution in [0.5, 0.6) is 0 Å². The zero-order valence-corrected chi connectivity index (χ0v) is 14.1. The summed E-state index contributed by atoms with van der Waals surface area (Å²) >= 11 is 0. The highest BCUT2D eigenvalue weighted by Gasteiger charge is 2.31. The van der Waals surface area contributed by atoms with Gasteiger partial charge in [0.2, 0.25) is 0 Å². The third-order valence-electron chi connectivity index (χ3n) is 4.12. The Morgan fingerprint density at radius 2 is 2.17 bits per heavy atom. The number of guanidine groups is 1. The van der Waals surface area contributed by atoms with Crippen molar-refractivity contribution in [3.05, 3.63) is 35.0 Å². The van der Waals surface area contributed by atoms with Crippen molar-refractivity contribution in [1.29, 1.82) is 5.41 Å². The molecular weight excluding hydrogens is 332 g/mol. The first kappa shape index (κ1) is 16.5. The lowest BCUT2D eigenvalue weighted by molar-refractivity contribution is 0.0967. The van der Waals surface area contributed by atoms with E-state index in [9.17, 15) is 13.2 Å². The molecule has 0 saturated carbocycles. The molecule has 1 aliphatic carbocycles. The molecule has 1 aliphatic rings. The number of aromatic nitrogens is 1. The van der Waals surface area contributed by atoms with Crippen LogP contribution in [0, 0.1) is 5.41 Å². The highest BCUT2D eigenvalue weighted by atomic mass is 32.2. The molecule has 1 amide bonds. The Bertz CT molecular complexity index is 961. The quantitative estimate of drug-likeness (QED) is 0.428. The SMILES string of the molecule is Cn1c(C(=O)NC(=N)N)c2c3c(cccc31)C(OS(C)(=O)=O)CC2. The molecule has 9 heteroatoms. The summed E-state index contributed by atoms with van der Waals surface area (Å²) in [5, 5.41) is 10.4. The fraction of sp³-hybridized carbons (Fsp3) is 0.333. The minimum Gasteiger partial charge on any atom is -0.370 e. The monoisotopic (exact) mass is 350 g/mol. The molecule has 4 N–H and O–H groups in total. The largest absolute Gasteiger partial charge is 0.370 e. The van der Waals surface area contributed by atoms with Crippen LogP contribution in [0.25, 0.3) is 10.9 Å². The number of carbonyl (C=O) groups excluding carboxylic acids is 1. The first-order chi connectivity index (χ1) is 11.2. The van der Waals surface area contributed by atoms with E-state index < -0.39 is 28.1 Å². The summed E-state index contributed by atoms with van der Waals surface area (Å²) in [5.74, 6) is -0.878. The van der Waals surface area contributed by atoms with Crippen molar-refractivity contribution >= 4 is 32.9 Å². The van der Waals surface area contributed by atoms with Crippen LogP contribution < -0.4 is 11.1 Å². The minimum atomic E-state index is -3.59. The van der Waals surface area contributed by atoms with E-state index in [1.807, 2.05) is 12.1 Å². The van der Waals surface area contributed by atoms with Crippen molar-refractivity contribution in [3.63, 3.8) is 0 Å². The Labute approximate surface area is 139 Å². The Hall–Kier alpha value is -2.39. The third kappa shape index (κ3) is 2.76. The lowest BCUT2D eigenvalue weighted by atomic mass is 9.89. The summed E-state index contributed by atoms with van der Waals surface area (Å²) in [6, 6.07) is 5.47. The van der Waals surface area contributed by atoms with Crippen molar-refractivity contribution in [3.8, 4) is 0 Å². The second kappa shape index (κ2) is 5.60. The number of hydrogen-bond donors (Lipinski definition) is 3. The average molecular weight is 350 g/mol. The Morgan fingerprint density at radius 3 is 2.79 bits per heavy atom. The smallest absolute Gasteiger partial charge is 0.274 e. The molecule has 1 aromatic heterocycles. The average Bonchev–Trinajstić information content (AvgIpc) is 2.74. The van der Waals surface area contributed by atoms with Crippen molar-refractivity contribution in [2.45, 2.75) is 18.9 Å². The fourth-order valence-corrected chi connectivity index (χ4v) is 3.95. The van der Waals surface area contributed by atoms with Crippen LogP contribution in [0.15, 0.2) is 18.2 Å². The number of nitrogens with two attached hydrogens (primary N) is 1. The molecule has 24 heavy (non-hydrogen) atoms. The first-order valence-electron chi connectivity index (χ1n) is 7.33. The number of carbonyl (C=O) groups is 1. The zero-order valence-electron chi connectivity index (χ0n) is 13.3. The van der Waals surface area contributed by atoms with E-state index in [1.165, 1.54) is 0 Å². The molecule has 0 saturated heterocycles. The standard InChI is InChI=1S/C15H18N4O4S/c1-19-10-5-3-4-8-11(23-24(2,21)22)7-6-9(12(8)10)13(19)14(20)18-15(16)17/h3-5,11H,6-7H2,1-2H3,(H4,16,17,18,20). The van der Waals surface area contributed by atoms with Crippen LogP contribution in [0.1, 0.15) is 34.1 Å². The number of nitrogens with zero attached hydrogens (tertiary/aromatic N) is 1. The van der Waals surface area contributed by atoms with Crippen molar-refractivity contribution in [1.82, 2.24) is 9.88 Å². The summed E-state index contributed by atoms with van der Waals surface area (Å²) in [4.78, 5) is 12.4. The number of aryl methyl sites for hydroxylation is 2. The number of nitrogens with one attached hydrogen (secondary N) is 2. The molecule has 3 rings (SSSR count). The lowest BCUT2D eigenvalue weighted by Crippen LogP contribution is -2.37. The molecule has 0 fully saturated rings. The van der Waals surface area contributed by atoms with Crippen LogP contribution in [0.2, 0.25) is 0 Å². The van der Waals surface area contributed by atoms with Gasteiger partial charge in [0.25, 0.3) is 16.0 Å². The van der Waals surface area contributed by atoms with Crippen molar-refractivity contribution in [2.75, 3.05) is 6.26 Å². The molecule has 0 aliphatic heterocycles. The van der Waals surface area contributed by atoms with E-state index in [1.54, 1.807) is 17.7 Å². The fourth-order valence-electron chi connectivity index (χ4n) is 3.33. The van der Waals surface area contributed by atoms with Gasteiger partial charge >= 0.3 is 0 Å².